The molecule has 0 saturated heterocycles. The van der Waals surface area contributed by atoms with Crippen molar-refractivity contribution >= 4 is 0 Å². The van der Waals surface area contributed by atoms with Gasteiger partial charge in [0.25, 0.3) is 0 Å². The molecule has 98 valence electrons. The van der Waals surface area contributed by atoms with E-state index in [-0.39, 0.29) is 6.10 Å². The molecule has 1 N–H and O–H groups in total. The van der Waals surface area contributed by atoms with Gasteiger partial charge in [0.05, 0.1) is 6.10 Å². The van der Waals surface area contributed by atoms with Crippen molar-refractivity contribution < 1.29 is 5.11 Å². The average molecular weight is 245 g/mol. The Kier molecular flexibility index (Phi) is 3.40. The first-order chi connectivity index (χ1) is 8.75. The number of fused-ring (bicyclic) bond motifs is 1. The Morgan fingerprint density at radius 3 is 2.78 bits per heavy atom. The number of aliphatic hydroxyl groups is 1. The summed E-state index contributed by atoms with van der Waals surface area (Å²) in [7, 11) is 2.22. The monoisotopic (exact) mass is 245 g/mol. The lowest BCUT2D eigenvalue weighted by Gasteiger charge is -2.31. The molecule has 2 aliphatic rings. The summed E-state index contributed by atoms with van der Waals surface area (Å²) in [6.45, 7) is 1.13. The van der Waals surface area contributed by atoms with Crippen LogP contribution in [0.25, 0.3) is 0 Å². The van der Waals surface area contributed by atoms with Gasteiger partial charge < -0.3 is 10.0 Å². The summed E-state index contributed by atoms with van der Waals surface area (Å²) in [6.07, 6.45) is 5.88. The fourth-order valence-electron chi connectivity index (χ4n) is 3.17. The maximum atomic E-state index is 10.5. The van der Waals surface area contributed by atoms with Crippen LogP contribution in [0.2, 0.25) is 0 Å². The minimum absolute atomic E-state index is 0.248. The molecule has 0 spiro atoms. The van der Waals surface area contributed by atoms with Gasteiger partial charge in [0.1, 0.15) is 0 Å². The molecule has 1 aromatic rings. The molecule has 1 saturated carbocycles. The largest absolute Gasteiger partial charge is 0.388 e. The van der Waals surface area contributed by atoms with Gasteiger partial charge in [-0.05, 0) is 62.7 Å². The van der Waals surface area contributed by atoms with Crippen molar-refractivity contribution in [1.82, 2.24) is 4.90 Å². The normalized spacial score (nSPS) is 27.3. The van der Waals surface area contributed by atoms with Crippen LogP contribution in [-0.2, 0) is 6.42 Å². The summed E-state index contributed by atoms with van der Waals surface area (Å²) in [5.41, 5.74) is 2.51. The van der Waals surface area contributed by atoms with E-state index in [1.165, 1.54) is 24.0 Å². The SMILES string of the molecule is CN(CCC1CCc2ccccc2C1O)C1CC1. The fraction of sp³-hybridized carbons (Fsp3) is 0.625. The van der Waals surface area contributed by atoms with Crippen molar-refractivity contribution in [1.29, 1.82) is 0 Å². The molecule has 1 fully saturated rings. The van der Waals surface area contributed by atoms with Crippen molar-refractivity contribution in [2.24, 2.45) is 5.92 Å². The maximum absolute atomic E-state index is 10.5. The highest BCUT2D eigenvalue weighted by atomic mass is 16.3. The smallest absolute Gasteiger partial charge is 0.0821 e. The van der Waals surface area contributed by atoms with Gasteiger partial charge in [0.15, 0.2) is 0 Å². The van der Waals surface area contributed by atoms with E-state index < -0.39 is 0 Å². The molecule has 18 heavy (non-hydrogen) atoms. The van der Waals surface area contributed by atoms with Crippen molar-refractivity contribution in [2.45, 2.75) is 44.2 Å². The molecule has 2 atom stereocenters. The van der Waals surface area contributed by atoms with Gasteiger partial charge in [-0.3, -0.25) is 0 Å². The van der Waals surface area contributed by atoms with Crippen LogP contribution < -0.4 is 0 Å². The molecule has 0 bridgehead atoms. The number of aryl methyl sites for hydroxylation is 1. The van der Waals surface area contributed by atoms with Crippen LogP contribution in [0.5, 0.6) is 0 Å². The summed E-state index contributed by atoms with van der Waals surface area (Å²) in [4.78, 5) is 2.47. The van der Waals surface area contributed by atoms with Crippen LogP contribution in [0.1, 0.15) is 42.9 Å². The van der Waals surface area contributed by atoms with E-state index in [9.17, 15) is 5.11 Å². The molecular weight excluding hydrogens is 222 g/mol. The van der Waals surface area contributed by atoms with E-state index >= 15 is 0 Å². The Balaban J connectivity index is 1.61. The minimum Gasteiger partial charge on any atom is -0.388 e. The second-order valence-electron chi connectivity index (χ2n) is 5.94. The zero-order chi connectivity index (χ0) is 12.5. The Morgan fingerprint density at radius 2 is 2.00 bits per heavy atom. The number of hydrogen-bond acceptors (Lipinski definition) is 2. The van der Waals surface area contributed by atoms with Crippen LogP contribution in [0.4, 0.5) is 0 Å². The summed E-state index contributed by atoms with van der Waals surface area (Å²) < 4.78 is 0. The summed E-state index contributed by atoms with van der Waals surface area (Å²) in [6, 6.07) is 9.20. The molecule has 0 amide bonds. The molecule has 0 heterocycles. The quantitative estimate of drug-likeness (QED) is 0.881. The highest BCUT2D eigenvalue weighted by Crippen LogP contribution is 2.36. The molecule has 0 aliphatic heterocycles. The van der Waals surface area contributed by atoms with Gasteiger partial charge in [-0.15, -0.1) is 0 Å². The zero-order valence-electron chi connectivity index (χ0n) is 11.2. The third-order valence-electron chi connectivity index (χ3n) is 4.63. The number of rotatable bonds is 4. The summed E-state index contributed by atoms with van der Waals surface area (Å²) >= 11 is 0. The lowest BCUT2D eigenvalue weighted by molar-refractivity contribution is 0.0817. The van der Waals surface area contributed by atoms with Crippen molar-refractivity contribution in [3.63, 3.8) is 0 Å². The Labute approximate surface area is 110 Å². The highest BCUT2D eigenvalue weighted by Gasteiger charge is 2.30. The first kappa shape index (κ1) is 12.2. The number of nitrogens with zero attached hydrogens (tertiary/aromatic N) is 1. The van der Waals surface area contributed by atoms with E-state index in [1.54, 1.807) is 0 Å². The third-order valence-corrected chi connectivity index (χ3v) is 4.63. The van der Waals surface area contributed by atoms with E-state index in [1.807, 2.05) is 6.07 Å². The Morgan fingerprint density at radius 1 is 1.22 bits per heavy atom. The van der Waals surface area contributed by atoms with Crippen LogP contribution in [0.15, 0.2) is 24.3 Å². The highest BCUT2D eigenvalue weighted by molar-refractivity contribution is 5.31. The predicted molar refractivity (Wildman–Crippen MR) is 73.5 cm³/mol. The minimum atomic E-state index is -0.248. The summed E-state index contributed by atoms with van der Waals surface area (Å²) in [5, 5.41) is 10.5. The van der Waals surface area contributed by atoms with Gasteiger partial charge in [-0.25, -0.2) is 0 Å². The average Bonchev–Trinajstić information content (AvgIpc) is 3.22. The first-order valence-electron chi connectivity index (χ1n) is 7.22. The van der Waals surface area contributed by atoms with Gasteiger partial charge >= 0.3 is 0 Å². The van der Waals surface area contributed by atoms with E-state index in [2.05, 4.69) is 30.1 Å². The number of hydrogen-bond donors (Lipinski definition) is 1. The Bertz CT molecular complexity index is 413. The molecule has 2 unspecified atom stereocenters. The van der Waals surface area contributed by atoms with Gasteiger partial charge in [-0.1, -0.05) is 24.3 Å². The Hall–Kier alpha value is -0.860. The molecular formula is C16H23NO. The van der Waals surface area contributed by atoms with E-state index in [0.29, 0.717) is 5.92 Å². The van der Waals surface area contributed by atoms with Gasteiger partial charge in [-0.2, -0.15) is 0 Å². The van der Waals surface area contributed by atoms with Crippen molar-refractivity contribution in [2.75, 3.05) is 13.6 Å². The number of benzene rings is 1. The van der Waals surface area contributed by atoms with Crippen molar-refractivity contribution in [3.05, 3.63) is 35.4 Å². The lowest BCUT2D eigenvalue weighted by atomic mass is 9.80. The second kappa shape index (κ2) is 5.02. The van der Waals surface area contributed by atoms with Crippen LogP contribution in [-0.4, -0.2) is 29.6 Å². The predicted octanol–water partition coefficient (Wildman–Crippen LogP) is 2.77. The maximum Gasteiger partial charge on any atom is 0.0821 e. The molecule has 0 aromatic heterocycles. The second-order valence-corrected chi connectivity index (χ2v) is 5.94. The van der Waals surface area contributed by atoms with Crippen molar-refractivity contribution in [3.8, 4) is 0 Å². The molecule has 2 heteroatoms. The topological polar surface area (TPSA) is 23.5 Å². The van der Waals surface area contributed by atoms with E-state index in [0.717, 1.165) is 31.8 Å². The van der Waals surface area contributed by atoms with Crippen LogP contribution in [0.3, 0.4) is 0 Å². The standard InChI is InChI=1S/C16H23NO/c1-17(14-8-9-14)11-10-13-7-6-12-4-2-3-5-15(12)16(13)18/h2-5,13-14,16,18H,6-11H2,1H3. The molecule has 0 radical (unpaired) electrons. The molecule has 3 rings (SSSR count). The van der Waals surface area contributed by atoms with E-state index in [4.69, 9.17) is 0 Å². The van der Waals surface area contributed by atoms with Crippen LogP contribution in [0, 0.1) is 5.92 Å². The zero-order valence-corrected chi connectivity index (χ0v) is 11.2. The molecule has 2 nitrogen and oxygen atoms in total. The van der Waals surface area contributed by atoms with Gasteiger partial charge in [0.2, 0.25) is 0 Å². The first-order valence-corrected chi connectivity index (χ1v) is 7.22. The molecule has 2 aliphatic carbocycles. The lowest BCUT2D eigenvalue weighted by Crippen LogP contribution is -2.27. The molecule has 1 aromatic carbocycles. The van der Waals surface area contributed by atoms with Crippen LogP contribution >= 0.6 is 0 Å². The number of aliphatic hydroxyl groups excluding tert-OH is 1. The summed E-state index contributed by atoms with van der Waals surface area (Å²) in [5.74, 6) is 0.445. The third kappa shape index (κ3) is 2.45. The fourth-order valence-corrected chi connectivity index (χ4v) is 3.17. The van der Waals surface area contributed by atoms with Gasteiger partial charge in [0, 0.05) is 6.04 Å².